The van der Waals surface area contributed by atoms with E-state index in [0.717, 1.165) is 11.3 Å². The first-order valence-corrected chi connectivity index (χ1v) is 10.8. The highest BCUT2D eigenvalue weighted by molar-refractivity contribution is 14.1. The molecule has 0 aliphatic carbocycles. The van der Waals surface area contributed by atoms with Crippen molar-refractivity contribution in [2.45, 2.75) is 10.2 Å². The lowest BCUT2D eigenvalue weighted by molar-refractivity contribution is -0.136. The fourth-order valence-corrected chi connectivity index (χ4v) is 4.34. The maximum Gasteiger partial charge on any atom is 0.282 e. The molecular formula is C20H19ClFIN4O3. The highest BCUT2D eigenvalue weighted by Crippen LogP contribution is 2.30. The summed E-state index contributed by atoms with van der Waals surface area (Å²) in [5, 5.41) is 16.4. The first kappa shape index (κ1) is 21.3. The number of hydrogen-bond donors (Lipinski definition) is 3. The van der Waals surface area contributed by atoms with E-state index in [2.05, 4.69) is 10.6 Å². The zero-order chi connectivity index (χ0) is 21.5. The molecule has 0 spiro atoms. The number of alkyl halides is 1. The van der Waals surface area contributed by atoms with Gasteiger partial charge in [0.1, 0.15) is 5.82 Å². The van der Waals surface area contributed by atoms with Crippen LogP contribution in [0.2, 0.25) is 5.02 Å². The number of rotatable bonds is 4. The normalized spacial score (nSPS) is 18.5. The van der Waals surface area contributed by atoms with Crippen LogP contribution < -0.4 is 15.5 Å². The quantitative estimate of drug-likeness (QED) is 0.313. The van der Waals surface area contributed by atoms with Gasteiger partial charge in [-0.3, -0.25) is 14.5 Å². The summed E-state index contributed by atoms with van der Waals surface area (Å²) in [4.78, 5) is 27.9. The molecule has 4 rings (SSSR count). The molecule has 2 aromatic rings. The summed E-state index contributed by atoms with van der Waals surface area (Å²) in [7, 11) is 0. The molecule has 1 atom stereocenters. The molecule has 1 unspecified atom stereocenters. The van der Waals surface area contributed by atoms with Crippen LogP contribution in [-0.4, -0.2) is 51.7 Å². The number of carbonyl (C=O) groups is 2. The summed E-state index contributed by atoms with van der Waals surface area (Å²) in [6.07, 6.45) is 0.265. The van der Waals surface area contributed by atoms with Gasteiger partial charge in [0.25, 0.3) is 9.64 Å². The first-order valence-electron chi connectivity index (χ1n) is 9.34. The molecule has 1 fully saturated rings. The van der Waals surface area contributed by atoms with Crippen LogP contribution in [0.15, 0.2) is 36.4 Å². The molecule has 0 bridgehead atoms. The topological polar surface area (TPSA) is 84.9 Å². The number of benzene rings is 2. The zero-order valence-electron chi connectivity index (χ0n) is 15.8. The Morgan fingerprint density at radius 1 is 1.20 bits per heavy atom. The molecule has 30 heavy (non-hydrogen) atoms. The lowest BCUT2D eigenvalue weighted by atomic mass is 10.1. The lowest BCUT2D eigenvalue weighted by Gasteiger charge is -2.41. The third-order valence-corrected chi connectivity index (χ3v) is 6.72. The second kappa shape index (κ2) is 8.29. The van der Waals surface area contributed by atoms with Gasteiger partial charge < -0.3 is 20.6 Å². The standard InChI is InChI=1S/C20H19ClFIN4O3/c21-15-3-2-14(11-16(15)22)26-5-7-27(8-6-26)20(23,30)19(29)24-13-1-4-17-12(9-13)10-18(28)25-17/h1-4,9,11,30H,5-8,10H2,(H,24,29)(H,25,28). The molecule has 0 saturated carbocycles. The van der Waals surface area contributed by atoms with Crippen LogP contribution in [0.5, 0.6) is 0 Å². The number of fused-ring (bicyclic) bond motifs is 1. The molecule has 2 aliphatic rings. The summed E-state index contributed by atoms with van der Waals surface area (Å²) in [5.41, 5.74) is 2.76. The number of amides is 2. The van der Waals surface area contributed by atoms with Crippen molar-refractivity contribution < 1.29 is 19.1 Å². The number of nitrogens with zero attached hydrogens (tertiary/aromatic N) is 2. The Bertz CT molecular complexity index is 1010. The van der Waals surface area contributed by atoms with Crippen LogP contribution in [0.4, 0.5) is 21.5 Å². The summed E-state index contributed by atoms with van der Waals surface area (Å²) < 4.78 is 12.0. The van der Waals surface area contributed by atoms with Crippen molar-refractivity contribution in [1.82, 2.24) is 4.90 Å². The molecule has 2 aliphatic heterocycles. The largest absolute Gasteiger partial charge is 0.369 e. The van der Waals surface area contributed by atoms with Crippen molar-refractivity contribution in [2.75, 3.05) is 41.7 Å². The van der Waals surface area contributed by atoms with Crippen LogP contribution in [0.3, 0.4) is 0 Å². The maximum absolute atomic E-state index is 13.7. The fourth-order valence-electron chi connectivity index (χ4n) is 3.60. The van der Waals surface area contributed by atoms with E-state index < -0.39 is 15.5 Å². The molecule has 0 aromatic heterocycles. The number of hydrogen-bond acceptors (Lipinski definition) is 5. The van der Waals surface area contributed by atoms with Crippen molar-refractivity contribution in [2.24, 2.45) is 0 Å². The minimum atomic E-state index is -1.75. The molecule has 1 saturated heterocycles. The minimum Gasteiger partial charge on any atom is -0.369 e. The van der Waals surface area contributed by atoms with Gasteiger partial charge >= 0.3 is 0 Å². The van der Waals surface area contributed by atoms with Crippen LogP contribution in [0.25, 0.3) is 0 Å². The van der Waals surface area contributed by atoms with Gasteiger partial charge in [0.05, 0.1) is 11.4 Å². The summed E-state index contributed by atoms with van der Waals surface area (Å²) >= 11 is 7.47. The number of piperazine rings is 1. The third-order valence-electron chi connectivity index (χ3n) is 5.24. The Labute approximate surface area is 191 Å². The van der Waals surface area contributed by atoms with E-state index in [0.29, 0.717) is 37.6 Å². The summed E-state index contributed by atoms with van der Waals surface area (Å²) in [5.74, 6) is -1.13. The van der Waals surface area contributed by atoms with Gasteiger partial charge in [-0.1, -0.05) is 11.6 Å². The molecule has 7 nitrogen and oxygen atoms in total. The molecule has 2 heterocycles. The molecule has 0 radical (unpaired) electrons. The average molecular weight is 545 g/mol. The van der Waals surface area contributed by atoms with Gasteiger partial charge in [-0.25, -0.2) is 4.39 Å². The fraction of sp³-hybridized carbons (Fsp3) is 0.300. The number of anilines is 3. The molecule has 2 amide bonds. The zero-order valence-corrected chi connectivity index (χ0v) is 18.7. The Balaban J connectivity index is 1.39. The highest BCUT2D eigenvalue weighted by atomic mass is 127. The molecule has 10 heteroatoms. The van der Waals surface area contributed by atoms with Crippen LogP contribution in [0, 0.1) is 5.82 Å². The van der Waals surface area contributed by atoms with Gasteiger partial charge in [-0.05, 0) is 64.6 Å². The first-order chi connectivity index (χ1) is 14.2. The van der Waals surface area contributed by atoms with E-state index in [1.165, 1.54) is 12.1 Å². The Morgan fingerprint density at radius 3 is 2.63 bits per heavy atom. The SMILES string of the molecule is O=C1Cc2cc(NC(=O)C(O)(I)N3CCN(c4ccc(Cl)c(F)c4)CC3)ccc2N1. The number of nitrogens with one attached hydrogen (secondary N) is 2. The monoisotopic (exact) mass is 544 g/mol. The Hall–Kier alpha value is -1.95. The molecule has 158 valence electrons. The lowest BCUT2D eigenvalue weighted by Crippen LogP contribution is -2.59. The Morgan fingerprint density at radius 2 is 1.93 bits per heavy atom. The number of aliphatic hydroxyl groups is 1. The second-order valence-corrected chi connectivity index (χ2v) is 9.12. The van der Waals surface area contributed by atoms with Crippen LogP contribution >= 0.6 is 34.2 Å². The van der Waals surface area contributed by atoms with Crippen molar-refractivity contribution in [1.29, 1.82) is 0 Å². The predicted molar refractivity (Wildman–Crippen MR) is 122 cm³/mol. The number of halogens is 3. The molecule has 3 N–H and O–H groups in total. The van der Waals surface area contributed by atoms with E-state index >= 15 is 0 Å². The predicted octanol–water partition coefficient (Wildman–Crippen LogP) is 2.82. The smallest absolute Gasteiger partial charge is 0.282 e. The highest BCUT2D eigenvalue weighted by Gasteiger charge is 2.41. The van der Waals surface area contributed by atoms with Gasteiger partial charge in [0, 0.05) is 43.2 Å². The van der Waals surface area contributed by atoms with Gasteiger partial charge in [0.2, 0.25) is 5.91 Å². The molecule has 2 aromatic carbocycles. The maximum atomic E-state index is 13.7. The summed E-state index contributed by atoms with van der Waals surface area (Å²) in [6.45, 7) is 1.87. The van der Waals surface area contributed by atoms with E-state index in [9.17, 15) is 19.1 Å². The average Bonchev–Trinajstić information content (AvgIpc) is 3.09. The molecular weight excluding hydrogens is 526 g/mol. The van der Waals surface area contributed by atoms with Crippen molar-refractivity contribution in [3.05, 3.63) is 52.8 Å². The van der Waals surface area contributed by atoms with Crippen molar-refractivity contribution in [3.63, 3.8) is 0 Å². The third kappa shape index (κ3) is 4.25. The van der Waals surface area contributed by atoms with Gasteiger partial charge in [-0.15, -0.1) is 0 Å². The van der Waals surface area contributed by atoms with E-state index in [-0.39, 0.29) is 17.4 Å². The van der Waals surface area contributed by atoms with E-state index in [1.54, 1.807) is 51.8 Å². The summed E-state index contributed by atoms with van der Waals surface area (Å²) in [6, 6.07) is 9.78. The van der Waals surface area contributed by atoms with Gasteiger partial charge in [-0.2, -0.15) is 0 Å². The van der Waals surface area contributed by atoms with Gasteiger partial charge in [0.15, 0.2) is 0 Å². The van der Waals surface area contributed by atoms with Crippen molar-refractivity contribution in [3.8, 4) is 0 Å². The minimum absolute atomic E-state index is 0.0717. The van der Waals surface area contributed by atoms with E-state index in [1.807, 2.05) is 4.90 Å². The number of carbonyl (C=O) groups excluding carboxylic acids is 2. The van der Waals surface area contributed by atoms with Crippen LogP contribution in [0.1, 0.15) is 5.56 Å². The van der Waals surface area contributed by atoms with Crippen molar-refractivity contribution >= 4 is 63.1 Å². The second-order valence-electron chi connectivity index (χ2n) is 7.21. The Kier molecular flexibility index (Phi) is 5.88. The van der Waals surface area contributed by atoms with E-state index in [4.69, 9.17) is 11.6 Å². The van der Waals surface area contributed by atoms with Crippen LogP contribution in [-0.2, 0) is 16.0 Å².